The maximum Gasteiger partial charge on any atom is 0.227 e. The van der Waals surface area contributed by atoms with Crippen molar-refractivity contribution in [1.29, 1.82) is 0 Å². The normalized spacial score (nSPS) is 19.9. The van der Waals surface area contributed by atoms with Crippen LogP contribution in [0.5, 0.6) is 0 Å². The van der Waals surface area contributed by atoms with Gasteiger partial charge in [-0.25, -0.2) is 4.98 Å². The third-order valence-electron chi connectivity index (χ3n) is 2.43. The highest BCUT2D eigenvalue weighted by atomic mass is 35.5. The SMILES string of the molecule is O=C(CC1COCCN1)Nc1ccc(Cl)cn1. The summed E-state index contributed by atoms with van der Waals surface area (Å²) in [4.78, 5) is 15.7. The molecule has 1 fully saturated rings. The Balaban J connectivity index is 1.82. The van der Waals surface area contributed by atoms with Gasteiger partial charge in [-0.05, 0) is 12.1 Å². The molecule has 2 heterocycles. The molecule has 1 saturated heterocycles. The van der Waals surface area contributed by atoms with Gasteiger partial charge in [-0.2, -0.15) is 0 Å². The van der Waals surface area contributed by atoms with E-state index in [9.17, 15) is 4.79 Å². The zero-order chi connectivity index (χ0) is 12.1. The van der Waals surface area contributed by atoms with Crippen LogP contribution in [-0.4, -0.2) is 36.7 Å². The van der Waals surface area contributed by atoms with E-state index in [1.165, 1.54) is 6.20 Å². The van der Waals surface area contributed by atoms with Crippen LogP contribution in [0, 0.1) is 0 Å². The second-order valence-corrected chi connectivity index (χ2v) is 4.28. The molecule has 1 amide bonds. The third-order valence-corrected chi connectivity index (χ3v) is 2.65. The molecule has 0 bridgehead atoms. The molecule has 17 heavy (non-hydrogen) atoms. The minimum absolute atomic E-state index is 0.0797. The van der Waals surface area contributed by atoms with E-state index in [-0.39, 0.29) is 11.9 Å². The average Bonchev–Trinajstić information content (AvgIpc) is 2.33. The van der Waals surface area contributed by atoms with Gasteiger partial charge in [0.15, 0.2) is 0 Å². The largest absolute Gasteiger partial charge is 0.378 e. The van der Waals surface area contributed by atoms with Gasteiger partial charge in [0.2, 0.25) is 5.91 Å². The molecule has 1 aromatic heterocycles. The smallest absolute Gasteiger partial charge is 0.227 e. The van der Waals surface area contributed by atoms with Crippen molar-refractivity contribution in [3.8, 4) is 0 Å². The van der Waals surface area contributed by atoms with Crippen molar-refractivity contribution in [2.75, 3.05) is 25.1 Å². The van der Waals surface area contributed by atoms with Gasteiger partial charge in [0.25, 0.3) is 0 Å². The number of nitrogens with one attached hydrogen (secondary N) is 2. The lowest BCUT2D eigenvalue weighted by atomic mass is 10.2. The van der Waals surface area contributed by atoms with Gasteiger partial charge < -0.3 is 15.4 Å². The number of nitrogens with zero attached hydrogens (tertiary/aromatic N) is 1. The van der Waals surface area contributed by atoms with Crippen LogP contribution in [0.2, 0.25) is 5.02 Å². The molecule has 2 N–H and O–H groups in total. The maximum absolute atomic E-state index is 11.7. The van der Waals surface area contributed by atoms with Gasteiger partial charge in [0, 0.05) is 25.2 Å². The van der Waals surface area contributed by atoms with Crippen LogP contribution >= 0.6 is 11.6 Å². The van der Waals surface area contributed by atoms with Gasteiger partial charge in [-0.3, -0.25) is 4.79 Å². The predicted molar refractivity (Wildman–Crippen MR) is 65.1 cm³/mol. The van der Waals surface area contributed by atoms with E-state index in [4.69, 9.17) is 16.3 Å². The standard InChI is InChI=1S/C11H14ClN3O2/c12-8-1-2-10(14-6-8)15-11(16)5-9-7-17-4-3-13-9/h1-2,6,9,13H,3-5,7H2,(H,14,15,16). The van der Waals surface area contributed by atoms with Gasteiger partial charge in [0.1, 0.15) is 5.82 Å². The fourth-order valence-corrected chi connectivity index (χ4v) is 1.73. The van der Waals surface area contributed by atoms with Crippen LogP contribution in [0.25, 0.3) is 0 Å². The lowest BCUT2D eigenvalue weighted by Gasteiger charge is -2.23. The van der Waals surface area contributed by atoms with Crippen LogP contribution < -0.4 is 10.6 Å². The lowest BCUT2D eigenvalue weighted by Crippen LogP contribution is -2.43. The van der Waals surface area contributed by atoms with Gasteiger partial charge >= 0.3 is 0 Å². The molecule has 1 atom stereocenters. The summed E-state index contributed by atoms with van der Waals surface area (Å²) in [6.07, 6.45) is 1.88. The number of ether oxygens (including phenoxy) is 1. The van der Waals surface area contributed by atoms with Gasteiger partial charge in [-0.1, -0.05) is 11.6 Å². The molecule has 1 unspecified atom stereocenters. The number of morpholine rings is 1. The number of amides is 1. The summed E-state index contributed by atoms with van der Waals surface area (Å²) in [7, 11) is 0. The van der Waals surface area contributed by atoms with Crippen LogP contribution in [0.1, 0.15) is 6.42 Å². The van der Waals surface area contributed by atoms with E-state index in [0.717, 1.165) is 6.54 Å². The van der Waals surface area contributed by atoms with Crippen molar-refractivity contribution in [2.24, 2.45) is 0 Å². The molecule has 2 rings (SSSR count). The Morgan fingerprint density at radius 1 is 1.65 bits per heavy atom. The number of halogens is 1. The summed E-state index contributed by atoms with van der Waals surface area (Å²) >= 11 is 5.70. The van der Waals surface area contributed by atoms with Crippen molar-refractivity contribution in [3.63, 3.8) is 0 Å². The van der Waals surface area contributed by atoms with Crippen LogP contribution in [0.4, 0.5) is 5.82 Å². The van der Waals surface area contributed by atoms with Crippen molar-refractivity contribution < 1.29 is 9.53 Å². The van der Waals surface area contributed by atoms with E-state index in [1.54, 1.807) is 12.1 Å². The summed E-state index contributed by atoms with van der Waals surface area (Å²) < 4.78 is 5.27. The van der Waals surface area contributed by atoms with Gasteiger partial charge in [0.05, 0.1) is 18.2 Å². The number of hydrogen-bond acceptors (Lipinski definition) is 4. The Bertz CT molecular complexity index is 377. The van der Waals surface area contributed by atoms with E-state index in [1.807, 2.05) is 0 Å². The number of carbonyl (C=O) groups is 1. The van der Waals surface area contributed by atoms with Crippen molar-refractivity contribution in [2.45, 2.75) is 12.5 Å². The summed E-state index contributed by atoms with van der Waals surface area (Å²) in [5.41, 5.74) is 0. The molecule has 0 aromatic carbocycles. The second-order valence-electron chi connectivity index (χ2n) is 3.84. The monoisotopic (exact) mass is 255 g/mol. The van der Waals surface area contributed by atoms with E-state index >= 15 is 0 Å². The fraction of sp³-hybridized carbons (Fsp3) is 0.455. The van der Waals surface area contributed by atoms with Crippen LogP contribution in [0.15, 0.2) is 18.3 Å². The minimum atomic E-state index is -0.0807. The average molecular weight is 256 g/mol. The van der Waals surface area contributed by atoms with Crippen molar-refractivity contribution in [1.82, 2.24) is 10.3 Å². The van der Waals surface area contributed by atoms with Crippen molar-refractivity contribution >= 4 is 23.3 Å². The Hall–Kier alpha value is -1.17. The molecule has 0 saturated carbocycles. The lowest BCUT2D eigenvalue weighted by molar-refractivity contribution is -0.117. The Kier molecular flexibility index (Phi) is 4.30. The quantitative estimate of drug-likeness (QED) is 0.848. The minimum Gasteiger partial charge on any atom is -0.378 e. The first kappa shape index (κ1) is 12.3. The molecule has 0 spiro atoms. The number of carbonyl (C=O) groups excluding carboxylic acids is 1. The molecule has 0 aliphatic carbocycles. The van der Waals surface area contributed by atoms with Crippen LogP contribution in [0.3, 0.4) is 0 Å². The Morgan fingerprint density at radius 2 is 2.53 bits per heavy atom. The first-order valence-electron chi connectivity index (χ1n) is 5.46. The molecular weight excluding hydrogens is 242 g/mol. The molecule has 1 aromatic rings. The molecule has 1 aliphatic heterocycles. The highest BCUT2D eigenvalue weighted by Gasteiger charge is 2.16. The van der Waals surface area contributed by atoms with Gasteiger partial charge in [-0.15, -0.1) is 0 Å². The zero-order valence-electron chi connectivity index (χ0n) is 9.28. The maximum atomic E-state index is 11.7. The first-order chi connectivity index (χ1) is 8.24. The van der Waals surface area contributed by atoms with E-state index in [0.29, 0.717) is 30.5 Å². The first-order valence-corrected chi connectivity index (χ1v) is 5.84. The summed E-state index contributed by atoms with van der Waals surface area (Å²) in [5, 5.41) is 6.48. The number of aromatic nitrogens is 1. The predicted octanol–water partition coefficient (Wildman–Crippen LogP) is 1.05. The number of rotatable bonds is 3. The Labute approximate surface area is 105 Å². The molecule has 6 heteroatoms. The summed E-state index contributed by atoms with van der Waals surface area (Å²) in [5.74, 6) is 0.430. The number of anilines is 1. The number of hydrogen-bond donors (Lipinski definition) is 2. The molecular formula is C11H14ClN3O2. The molecule has 5 nitrogen and oxygen atoms in total. The zero-order valence-corrected chi connectivity index (χ0v) is 10.0. The van der Waals surface area contributed by atoms with Crippen LogP contribution in [-0.2, 0) is 9.53 Å². The summed E-state index contributed by atoms with van der Waals surface area (Å²) in [6, 6.07) is 3.44. The molecule has 0 radical (unpaired) electrons. The highest BCUT2D eigenvalue weighted by molar-refractivity contribution is 6.30. The van der Waals surface area contributed by atoms with E-state index < -0.39 is 0 Å². The molecule has 92 valence electrons. The third kappa shape index (κ3) is 3.96. The summed E-state index contributed by atoms with van der Waals surface area (Å²) in [6.45, 7) is 2.06. The topological polar surface area (TPSA) is 63.2 Å². The fourth-order valence-electron chi connectivity index (χ4n) is 1.62. The number of pyridine rings is 1. The Morgan fingerprint density at radius 3 is 3.18 bits per heavy atom. The van der Waals surface area contributed by atoms with E-state index in [2.05, 4.69) is 15.6 Å². The molecule has 1 aliphatic rings. The van der Waals surface area contributed by atoms with Crippen molar-refractivity contribution in [3.05, 3.63) is 23.4 Å². The highest BCUT2D eigenvalue weighted by Crippen LogP contribution is 2.10. The second kappa shape index (κ2) is 5.95.